The Morgan fingerprint density at radius 1 is 0.489 bits per heavy atom. The molecule has 9 rings (SSSR count). The second-order valence-electron chi connectivity index (χ2n) is 14.5. The second-order valence-corrected chi connectivity index (χ2v) is 14.5. The average Bonchev–Trinajstić information content (AvgIpc) is 3.47. The van der Waals surface area contributed by atoms with Crippen LogP contribution in [0.15, 0.2) is 145 Å². The third kappa shape index (κ3) is 4.22. The molecule has 228 valence electrons. The summed E-state index contributed by atoms with van der Waals surface area (Å²) in [4.78, 5) is 2.47. The van der Waals surface area contributed by atoms with E-state index < -0.39 is 0 Å². The van der Waals surface area contributed by atoms with Gasteiger partial charge in [-0.15, -0.1) is 0 Å². The van der Waals surface area contributed by atoms with Gasteiger partial charge in [0.25, 0.3) is 0 Å². The van der Waals surface area contributed by atoms with E-state index in [2.05, 4.69) is 172 Å². The van der Waals surface area contributed by atoms with Crippen LogP contribution in [0.2, 0.25) is 0 Å². The van der Waals surface area contributed by atoms with Gasteiger partial charge in [0.15, 0.2) is 0 Å². The van der Waals surface area contributed by atoms with Gasteiger partial charge in [-0.05, 0) is 122 Å². The van der Waals surface area contributed by atoms with Gasteiger partial charge in [-0.25, -0.2) is 0 Å². The summed E-state index contributed by atoms with van der Waals surface area (Å²) in [6, 6.07) is 47.6. The zero-order chi connectivity index (χ0) is 31.9. The van der Waals surface area contributed by atoms with Crippen molar-refractivity contribution in [3.8, 4) is 22.3 Å². The summed E-state index contributed by atoms with van der Waals surface area (Å²) >= 11 is 0. The summed E-state index contributed by atoms with van der Waals surface area (Å²) in [7, 11) is 0. The SMILES string of the molecule is CC1(C)C2=C(C=CCC2)c2ccc(N(c3ccc(-c4ccccc4)cc3)c3ccc4c(c3)C(C)(C)c3cc5ccccc5cc3-4)cc21. The molecule has 0 aromatic heterocycles. The van der Waals surface area contributed by atoms with Crippen LogP contribution in [0.3, 0.4) is 0 Å². The van der Waals surface area contributed by atoms with Crippen molar-refractivity contribution in [3.63, 3.8) is 0 Å². The first-order valence-corrected chi connectivity index (χ1v) is 17.0. The van der Waals surface area contributed by atoms with Gasteiger partial charge < -0.3 is 4.90 Å². The first kappa shape index (κ1) is 28.1. The number of nitrogens with zero attached hydrogens (tertiary/aromatic N) is 1. The highest BCUT2D eigenvalue weighted by Gasteiger charge is 2.39. The molecular weight excluding hydrogens is 567 g/mol. The van der Waals surface area contributed by atoms with Crippen LogP contribution in [0.4, 0.5) is 17.1 Å². The predicted octanol–water partition coefficient (Wildman–Crippen LogP) is 12.7. The third-order valence-corrected chi connectivity index (χ3v) is 11.2. The Hall–Kier alpha value is -5.14. The molecule has 6 aromatic carbocycles. The summed E-state index contributed by atoms with van der Waals surface area (Å²) < 4.78 is 0. The first-order valence-electron chi connectivity index (χ1n) is 17.0. The van der Waals surface area contributed by atoms with Crippen molar-refractivity contribution >= 4 is 33.4 Å². The van der Waals surface area contributed by atoms with Crippen LogP contribution in [-0.2, 0) is 10.8 Å². The fourth-order valence-corrected chi connectivity index (χ4v) is 8.58. The highest BCUT2D eigenvalue weighted by Crippen LogP contribution is 2.54. The molecule has 47 heavy (non-hydrogen) atoms. The van der Waals surface area contributed by atoms with Crippen molar-refractivity contribution < 1.29 is 0 Å². The number of anilines is 3. The van der Waals surface area contributed by atoms with Crippen molar-refractivity contribution in [1.29, 1.82) is 0 Å². The minimum atomic E-state index is -0.108. The lowest BCUT2D eigenvalue weighted by molar-refractivity contribution is 0.607. The molecule has 0 N–H and O–H groups in total. The predicted molar refractivity (Wildman–Crippen MR) is 200 cm³/mol. The van der Waals surface area contributed by atoms with Gasteiger partial charge in [0.1, 0.15) is 0 Å². The molecule has 0 aliphatic heterocycles. The molecule has 0 radical (unpaired) electrons. The standard InChI is InChI=1S/C46H39N/c1-45(2)41-17-11-10-16-37(41)38-24-22-35(28-43(38)45)47(34-20-18-31(19-21-34)30-12-6-5-7-13-30)36-23-25-39-40-26-32-14-8-9-15-33(32)27-42(40)46(3,4)44(39)29-36/h5-10,12-16,18-29H,11,17H2,1-4H3. The quantitative estimate of drug-likeness (QED) is 0.193. The van der Waals surface area contributed by atoms with E-state index in [1.54, 1.807) is 5.57 Å². The minimum absolute atomic E-state index is 0.0118. The lowest BCUT2D eigenvalue weighted by Crippen LogP contribution is -2.19. The van der Waals surface area contributed by atoms with E-state index in [1.165, 1.54) is 72.2 Å². The van der Waals surface area contributed by atoms with Crippen molar-refractivity contribution in [3.05, 3.63) is 167 Å². The monoisotopic (exact) mass is 605 g/mol. The molecular formula is C46H39N. The average molecular weight is 606 g/mol. The molecule has 0 saturated heterocycles. The van der Waals surface area contributed by atoms with Crippen molar-refractivity contribution in [2.24, 2.45) is 0 Å². The molecule has 1 nitrogen and oxygen atoms in total. The van der Waals surface area contributed by atoms with Crippen LogP contribution in [0.5, 0.6) is 0 Å². The topological polar surface area (TPSA) is 3.24 Å². The molecule has 0 bridgehead atoms. The number of benzene rings is 6. The second kappa shape index (κ2) is 10.2. The lowest BCUT2D eigenvalue weighted by Gasteiger charge is -2.30. The number of fused-ring (bicyclic) bond motifs is 6. The molecule has 1 heteroatoms. The molecule has 3 aliphatic carbocycles. The molecule has 0 heterocycles. The Kier molecular flexibility index (Phi) is 6.09. The first-order chi connectivity index (χ1) is 22.8. The van der Waals surface area contributed by atoms with Gasteiger partial charge in [0.05, 0.1) is 0 Å². The summed E-state index contributed by atoms with van der Waals surface area (Å²) in [6.45, 7) is 9.60. The zero-order valence-corrected chi connectivity index (χ0v) is 27.6. The van der Waals surface area contributed by atoms with E-state index in [1.807, 2.05) is 0 Å². The molecule has 3 aliphatic rings. The number of hydrogen-bond donors (Lipinski definition) is 0. The summed E-state index contributed by atoms with van der Waals surface area (Å²) in [6.07, 6.45) is 6.97. The Labute approximate surface area is 278 Å². The fraction of sp³-hybridized carbons (Fsp3) is 0.174. The Morgan fingerprint density at radius 3 is 1.79 bits per heavy atom. The molecule has 0 unspecified atom stereocenters. The van der Waals surface area contributed by atoms with Crippen LogP contribution in [0.1, 0.15) is 62.8 Å². The van der Waals surface area contributed by atoms with Crippen molar-refractivity contribution in [2.75, 3.05) is 4.90 Å². The van der Waals surface area contributed by atoms with E-state index in [-0.39, 0.29) is 10.8 Å². The van der Waals surface area contributed by atoms with E-state index >= 15 is 0 Å². The number of hydrogen-bond acceptors (Lipinski definition) is 1. The van der Waals surface area contributed by atoms with E-state index in [0.29, 0.717) is 0 Å². The van der Waals surface area contributed by atoms with Crippen molar-refractivity contribution in [1.82, 2.24) is 0 Å². The smallest absolute Gasteiger partial charge is 0.0465 e. The molecule has 0 spiro atoms. The Morgan fingerprint density at radius 2 is 1.06 bits per heavy atom. The van der Waals surface area contributed by atoms with Crippen LogP contribution in [0.25, 0.3) is 38.6 Å². The van der Waals surface area contributed by atoms with Gasteiger partial charge in [-0.3, -0.25) is 0 Å². The molecule has 6 aromatic rings. The normalized spacial score (nSPS) is 16.5. The minimum Gasteiger partial charge on any atom is -0.310 e. The van der Waals surface area contributed by atoms with E-state index in [0.717, 1.165) is 18.5 Å². The fourth-order valence-electron chi connectivity index (χ4n) is 8.58. The molecule has 0 amide bonds. The number of allylic oxidation sites excluding steroid dienone is 4. The Balaban J connectivity index is 1.20. The third-order valence-electron chi connectivity index (χ3n) is 11.2. The Bertz CT molecular complexity index is 2280. The largest absolute Gasteiger partial charge is 0.310 e. The van der Waals surface area contributed by atoms with Gasteiger partial charge in [0, 0.05) is 27.9 Å². The number of rotatable bonds is 4. The maximum Gasteiger partial charge on any atom is 0.0465 e. The molecule has 0 atom stereocenters. The summed E-state index contributed by atoms with van der Waals surface area (Å²) in [5.41, 5.74) is 17.3. The highest BCUT2D eigenvalue weighted by atomic mass is 15.1. The van der Waals surface area contributed by atoms with Gasteiger partial charge in [-0.1, -0.05) is 124 Å². The zero-order valence-electron chi connectivity index (χ0n) is 27.6. The van der Waals surface area contributed by atoms with Crippen LogP contribution in [-0.4, -0.2) is 0 Å². The highest BCUT2D eigenvalue weighted by molar-refractivity contribution is 5.95. The van der Waals surface area contributed by atoms with Crippen LogP contribution >= 0.6 is 0 Å². The maximum absolute atomic E-state index is 2.47. The van der Waals surface area contributed by atoms with Crippen LogP contribution < -0.4 is 4.90 Å². The van der Waals surface area contributed by atoms with E-state index in [9.17, 15) is 0 Å². The van der Waals surface area contributed by atoms with Crippen molar-refractivity contribution in [2.45, 2.75) is 51.4 Å². The summed E-state index contributed by atoms with van der Waals surface area (Å²) in [5, 5.41) is 2.60. The maximum atomic E-state index is 2.47. The summed E-state index contributed by atoms with van der Waals surface area (Å²) in [5.74, 6) is 0. The van der Waals surface area contributed by atoms with E-state index in [4.69, 9.17) is 0 Å². The van der Waals surface area contributed by atoms with Gasteiger partial charge in [-0.2, -0.15) is 0 Å². The van der Waals surface area contributed by atoms with Gasteiger partial charge in [0.2, 0.25) is 0 Å². The van der Waals surface area contributed by atoms with Crippen LogP contribution in [0, 0.1) is 0 Å². The molecule has 0 saturated carbocycles. The lowest BCUT2D eigenvalue weighted by atomic mass is 9.78. The van der Waals surface area contributed by atoms with Gasteiger partial charge >= 0.3 is 0 Å². The molecule has 0 fully saturated rings.